The minimum absolute atomic E-state index is 0.119. The van der Waals surface area contributed by atoms with Crippen molar-refractivity contribution in [1.82, 2.24) is 5.32 Å². The lowest BCUT2D eigenvalue weighted by Gasteiger charge is -2.17. The van der Waals surface area contributed by atoms with Gasteiger partial charge in [0.15, 0.2) is 0 Å². The number of halogens is 1. The summed E-state index contributed by atoms with van der Waals surface area (Å²) >= 11 is 0. The highest BCUT2D eigenvalue weighted by Crippen LogP contribution is 2.19. The summed E-state index contributed by atoms with van der Waals surface area (Å²) in [6.07, 6.45) is 0. The molecule has 1 N–H and O–H groups in total. The van der Waals surface area contributed by atoms with Crippen LogP contribution in [0.4, 0.5) is 4.39 Å². The van der Waals surface area contributed by atoms with E-state index in [4.69, 9.17) is 0 Å². The lowest BCUT2D eigenvalue weighted by Crippen LogP contribution is -2.27. The Labute approximate surface area is 118 Å². The van der Waals surface area contributed by atoms with Crippen molar-refractivity contribution >= 4 is 5.91 Å². The van der Waals surface area contributed by atoms with Crippen LogP contribution in [0.2, 0.25) is 0 Å². The van der Waals surface area contributed by atoms with Gasteiger partial charge in [0.2, 0.25) is 0 Å². The van der Waals surface area contributed by atoms with Gasteiger partial charge in [0.25, 0.3) is 5.91 Å². The fourth-order valence-corrected chi connectivity index (χ4v) is 2.30. The molecule has 2 aromatic rings. The first-order valence-electron chi connectivity index (χ1n) is 6.61. The van der Waals surface area contributed by atoms with Crippen molar-refractivity contribution in [3.05, 3.63) is 70.5 Å². The lowest BCUT2D eigenvalue weighted by molar-refractivity contribution is 0.0939. The number of carbonyl (C=O) groups excluding carboxylic acids is 1. The van der Waals surface area contributed by atoms with Gasteiger partial charge in [-0.3, -0.25) is 4.79 Å². The van der Waals surface area contributed by atoms with Crippen LogP contribution in [-0.2, 0) is 0 Å². The maximum atomic E-state index is 13.1. The molecule has 1 amide bonds. The zero-order chi connectivity index (χ0) is 14.7. The van der Waals surface area contributed by atoms with Crippen LogP contribution in [0.3, 0.4) is 0 Å². The number of aryl methyl sites for hydroxylation is 2. The third-order valence-corrected chi connectivity index (χ3v) is 3.33. The molecular formula is C17H18FNO. The molecule has 0 radical (unpaired) electrons. The Hall–Kier alpha value is -2.16. The standard InChI is InChI=1S/C17H18FNO/c1-11-7-8-16(12(2)9-11)13(3)19-17(20)14-5-4-6-15(18)10-14/h4-10,13H,1-3H3,(H,19,20)/t13-/m1/s1. The van der Waals surface area contributed by atoms with Crippen LogP contribution in [0.1, 0.15) is 40.0 Å². The maximum absolute atomic E-state index is 13.1. The molecule has 0 spiro atoms. The minimum Gasteiger partial charge on any atom is -0.346 e. The van der Waals surface area contributed by atoms with Crippen LogP contribution in [-0.4, -0.2) is 5.91 Å². The second-order valence-electron chi connectivity index (χ2n) is 5.07. The van der Waals surface area contributed by atoms with E-state index in [1.165, 1.54) is 23.8 Å². The van der Waals surface area contributed by atoms with E-state index >= 15 is 0 Å². The second kappa shape index (κ2) is 5.87. The number of carbonyl (C=O) groups is 1. The van der Waals surface area contributed by atoms with Crippen molar-refractivity contribution in [2.24, 2.45) is 0 Å². The van der Waals surface area contributed by atoms with Gasteiger partial charge in [0.05, 0.1) is 6.04 Å². The van der Waals surface area contributed by atoms with Gasteiger partial charge in [-0.25, -0.2) is 4.39 Å². The smallest absolute Gasteiger partial charge is 0.251 e. The molecule has 0 bridgehead atoms. The predicted octanol–water partition coefficient (Wildman–Crippen LogP) is 3.93. The Morgan fingerprint density at radius 2 is 1.90 bits per heavy atom. The van der Waals surface area contributed by atoms with E-state index in [0.29, 0.717) is 5.56 Å². The number of rotatable bonds is 3. The summed E-state index contributed by atoms with van der Waals surface area (Å²) in [6, 6.07) is 11.7. The molecule has 0 heterocycles. The Morgan fingerprint density at radius 1 is 1.15 bits per heavy atom. The van der Waals surface area contributed by atoms with E-state index in [9.17, 15) is 9.18 Å². The van der Waals surface area contributed by atoms with E-state index in [2.05, 4.69) is 11.4 Å². The lowest BCUT2D eigenvalue weighted by atomic mass is 10.00. The van der Waals surface area contributed by atoms with Gasteiger partial charge in [-0.05, 0) is 50.1 Å². The molecule has 0 fully saturated rings. The van der Waals surface area contributed by atoms with E-state index in [0.717, 1.165) is 11.1 Å². The van der Waals surface area contributed by atoms with Crippen LogP contribution < -0.4 is 5.32 Å². The van der Waals surface area contributed by atoms with Gasteiger partial charge in [0, 0.05) is 5.56 Å². The van der Waals surface area contributed by atoms with Crippen molar-refractivity contribution in [2.45, 2.75) is 26.8 Å². The molecule has 2 rings (SSSR count). The monoisotopic (exact) mass is 271 g/mol. The molecular weight excluding hydrogens is 253 g/mol. The molecule has 3 heteroatoms. The largest absolute Gasteiger partial charge is 0.346 e. The van der Waals surface area contributed by atoms with Crippen molar-refractivity contribution in [3.63, 3.8) is 0 Å². The van der Waals surface area contributed by atoms with Gasteiger partial charge < -0.3 is 5.32 Å². The highest BCUT2D eigenvalue weighted by atomic mass is 19.1. The first-order chi connectivity index (χ1) is 9.47. The fraction of sp³-hybridized carbons (Fsp3) is 0.235. The van der Waals surface area contributed by atoms with Gasteiger partial charge >= 0.3 is 0 Å². The summed E-state index contributed by atoms with van der Waals surface area (Å²) in [5, 5.41) is 2.89. The average molecular weight is 271 g/mol. The Kier molecular flexibility index (Phi) is 4.18. The quantitative estimate of drug-likeness (QED) is 0.900. The predicted molar refractivity (Wildman–Crippen MR) is 78.2 cm³/mol. The maximum Gasteiger partial charge on any atom is 0.251 e. The van der Waals surface area contributed by atoms with Crippen LogP contribution >= 0.6 is 0 Å². The van der Waals surface area contributed by atoms with E-state index in [1.807, 2.05) is 32.9 Å². The fourth-order valence-electron chi connectivity index (χ4n) is 2.30. The van der Waals surface area contributed by atoms with Crippen molar-refractivity contribution < 1.29 is 9.18 Å². The summed E-state index contributed by atoms with van der Waals surface area (Å²) in [5.74, 6) is -0.672. The van der Waals surface area contributed by atoms with Crippen molar-refractivity contribution in [1.29, 1.82) is 0 Å². The van der Waals surface area contributed by atoms with Crippen LogP contribution in [0.25, 0.3) is 0 Å². The normalized spacial score (nSPS) is 12.0. The molecule has 104 valence electrons. The molecule has 0 aromatic heterocycles. The number of nitrogens with one attached hydrogen (secondary N) is 1. The summed E-state index contributed by atoms with van der Waals surface area (Å²) in [6.45, 7) is 5.98. The Bertz CT molecular complexity index is 637. The molecule has 2 aromatic carbocycles. The summed E-state index contributed by atoms with van der Waals surface area (Å²) in [4.78, 5) is 12.1. The van der Waals surface area contributed by atoms with Crippen LogP contribution in [0.15, 0.2) is 42.5 Å². The van der Waals surface area contributed by atoms with Gasteiger partial charge in [-0.1, -0.05) is 29.8 Å². The highest BCUT2D eigenvalue weighted by Gasteiger charge is 2.13. The minimum atomic E-state index is -0.406. The number of amides is 1. The molecule has 0 saturated carbocycles. The molecule has 2 nitrogen and oxygen atoms in total. The zero-order valence-electron chi connectivity index (χ0n) is 11.9. The third-order valence-electron chi connectivity index (χ3n) is 3.33. The van der Waals surface area contributed by atoms with Gasteiger partial charge in [-0.15, -0.1) is 0 Å². The zero-order valence-corrected chi connectivity index (χ0v) is 11.9. The number of hydrogen-bond acceptors (Lipinski definition) is 1. The topological polar surface area (TPSA) is 29.1 Å². The van der Waals surface area contributed by atoms with Gasteiger partial charge in [-0.2, -0.15) is 0 Å². The second-order valence-corrected chi connectivity index (χ2v) is 5.07. The Morgan fingerprint density at radius 3 is 2.55 bits per heavy atom. The third kappa shape index (κ3) is 3.23. The van der Waals surface area contributed by atoms with Gasteiger partial charge in [0.1, 0.15) is 5.82 Å². The average Bonchev–Trinajstić information content (AvgIpc) is 2.38. The molecule has 0 aliphatic heterocycles. The first-order valence-corrected chi connectivity index (χ1v) is 6.61. The SMILES string of the molecule is Cc1ccc([C@@H](C)NC(=O)c2cccc(F)c2)c(C)c1. The highest BCUT2D eigenvalue weighted by molar-refractivity contribution is 5.94. The summed E-state index contributed by atoms with van der Waals surface area (Å²) in [5.41, 5.74) is 3.73. The molecule has 0 saturated heterocycles. The molecule has 1 atom stereocenters. The van der Waals surface area contributed by atoms with E-state index in [1.54, 1.807) is 6.07 Å². The molecule has 20 heavy (non-hydrogen) atoms. The van der Waals surface area contributed by atoms with Crippen molar-refractivity contribution in [2.75, 3.05) is 0 Å². The Balaban J connectivity index is 2.15. The van der Waals surface area contributed by atoms with Crippen LogP contribution in [0, 0.1) is 19.7 Å². The van der Waals surface area contributed by atoms with Crippen molar-refractivity contribution in [3.8, 4) is 0 Å². The van der Waals surface area contributed by atoms with Crippen LogP contribution in [0.5, 0.6) is 0 Å². The number of benzene rings is 2. The number of hydrogen-bond donors (Lipinski definition) is 1. The first kappa shape index (κ1) is 14.3. The van der Waals surface area contributed by atoms with E-state index in [-0.39, 0.29) is 11.9 Å². The molecule has 0 aliphatic rings. The molecule has 0 aliphatic carbocycles. The van der Waals surface area contributed by atoms with E-state index < -0.39 is 5.82 Å². The summed E-state index contributed by atoms with van der Waals surface area (Å²) < 4.78 is 13.1. The summed E-state index contributed by atoms with van der Waals surface area (Å²) in [7, 11) is 0. The molecule has 0 unspecified atom stereocenters.